The van der Waals surface area contributed by atoms with Gasteiger partial charge in [0, 0.05) is 31.0 Å². The van der Waals surface area contributed by atoms with Crippen LogP contribution in [0.25, 0.3) is 0 Å². The Kier molecular flexibility index (Phi) is 8.35. The van der Waals surface area contributed by atoms with Gasteiger partial charge in [-0.05, 0) is 48.6 Å². The maximum atomic E-state index is 14.0. The van der Waals surface area contributed by atoms with Crippen molar-refractivity contribution in [3.63, 3.8) is 0 Å². The first kappa shape index (κ1) is 29.4. The number of hydrogen-bond acceptors (Lipinski definition) is 9. The van der Waals surface area contributed by atoms with E-state index in [1.807, 2.05) is 13.8 Å². The highest BCUT2D eigenvalue weighted by Gasteiger charge is 2.56. The molecule has 3 aliphatic heterocycles. The summed E-state index contributed by atoms with van der Waals surface area (Å²) in [5.74, 6) is -0.0558. The highest BCUT2D eigenvalue weighted by molar-refractivity contribution is 7.89. The molecule has 41 heavy (non-hydrogen) atoms. The number of hydrogen-bond donors (Lipinski definition) is 4. The second-order valence-corrected chi connectivity index (χ2v) is 13.1. The Bertz CT molecular complexity index is 1350. The molecular weight excluding hydrogens is 556 g/mol. The molecular formula is C28H36N2O10S. The van der Waals surface area contributed by atoms with E-state index < -0.39 is 40.0 Å². The molecule has 2 aromatic rings. The summed E-state index contributed by atoms with van der Waals surface area (Å²) >= 11 is 0. The summed E-state index contributed by atoms with van der Waals surface area (Å²) in [6.45, 7) is 3.95. The van der Waals surface area contributed by atoms with Gasteiger partial charge in [0.2, 0.25) is 16.8 Å². The number of benzene rings is 2. The number of phenols is 1. The largest absolute Gasteiger partial charge is 0.508 e. The minimum atomic E-state index is -4.15. The molecule has 13 heteroatoms. The summed E-state index contributed by atoms with van der Waals surface area (Å²) in [5.41, 5.74) is -0.901. The van der Waals surface area contributed by atoms with Gasteiger partial charge in [0.15, 0.2) is 17.8 Å². The second kappa shape index (κ2) is 11.6. The molecule has 5 rings (SSSR count). The van der Waals surface area contributed by atoms with Gasteiger partial charge in [-0.15, -0.1) is 0 Å². The standard InChI is InChI=1S/C28H36N2O10S/c1-17(2)13-30(41(35,36)20-7-8-23-24(11-20)40-16-39-23)14-25(32)28(29-27(33)34,12-18-3-5-19(31)6-4-18)22-15-38-26-21(22)9-10-37-26/h3-8,11,17,21-22,25-26,29,31-32H,9-10,12-16H2,1-2H3,(H,33,34)/t21-,22+,25+,26+,28-/m0/s1. The summed E-state index contributed by atoms with van der Waals surface area (Å²) < 4.78 is 51.4. The van der Waals surface area contributed by atoms with Crippen LogP contribution in [0.1, 0.15) is 25.8 Å². The first-order chi connectivity index (χ1) is 19.5. The fourth-order valence-corrected chi connectivity index (χ4v) is 7.71. The number of nitrogens with zero attached hydrogens (tertiary/aromatic N) is 1. The summed E-state index contributed by atoms with van der Waals surface area (Å²) in [4.78, 5) is 12.3. The van der Waals surface area contributed by atoms with Crippen LogP contribution >= 0.6 is 0 Å². The Morgan fingerprint density at radius 2 is 1.83 bits per heavy atom. The monoisotopic (exact) mass is 592 g/mol. The number of nitrogens with one attached hydrogen (secondary N) is 1. The average Bonchev–Trinajstić information content (AvgIpc) is 3.65. The SMILES string of the molecule is CC(C)CN(C[C@@H](O)[C@@](Cc1ccc(O)cc1)(NC(=O)O)[C@@H]1CO[C@H]2OCC[C@H]21)S(=O)(=O)c1ccc2c(c1)OCO2. The molecule has 5 atom stereocenters. The van der Waals surface area contributed by atoms with Crippen molar-refractivity contribution in [3.8, 4) is 17.2 Å². The molecule has 0 bridgehead atoms. The van der Waals surface area contributed by atoms with Crippen LogP contribution in [-0.2, 0) is 25.9 Å². The van der Waals surface area contributed by atoms with Crippen molar-refractivity contribution in [1.29, 1.82) is 0 Å². The zero-order valence-electron chi connectivity index (χ0n) is 22.9. The van der Waals surface area contributed by atoms with Crippen molar-refractivity contribution in [3.05, 3.63) is 48.0 Å². The number of amides is 1. The molecule has 2 saturated heterocycles. The van der Waals surface area contributed by atoms with Gasteiger partial charge >= 0.3 is 6.09 Å². The fourth-order valence-electron chi connectivity index (χ4n) is 6.08. The first-order valence-corrected chi connectivity index (χ1v) is 15.0. The molecule has 0 aromatic heterocycles. The molecule has 2 fully saturated rings. The lowest BCUT2D eigenvalue weighted by atomic mass is 9.69. The molecule has 3 heterocycles. The van der Waals surface area contributed by atoms with Gasteiger partial charge in [0.05, 0.1) is 29.8 Å². The Morgan fingerprint density at radius 3 is 2.54 bits per heavy atom. The third-order valence-electron chi connectivity index (χ3n) is 8.00. The van der Waals surface area contributed by atoms with Gasteiger partial charge in [-0.3, -0.25) is 0 Å². The van der Waals surface area contributed by atoms with Crippen LogP contribution in [-0.4, -0.2) is 85.2 Å². The number of fused-ring (bicyclic) bond motifs is 2. The Balaban J connectivity index is 1.54. The Morgan fingerprint density at radius 1 is 1.10 bits per heavy atom. The van der Waals surface area contributed by atoms with Gasteiger partial charge in [-0.25, -0.2) is 13.2 Å². The van der Waals surface area contributed by atoms with Crippen LogP contribution in [0, 0.1) is 17.8 Å². The lowest BCUT2D eigenvalue weighted by molar-refractivity contribution is -0.0907. The maximum Gasteiger partial charge on any atom is 0.405 e. The van der Waals surface area contributed by atoms with Crippen molar-refractivity contribution in [2.75, 3.05) is 33.1 Å². The van der Waals surface area contributed by atoms with E-state index in [0.717, 1.165) is 0 Å². The van der Waals surface area contributed by atoms with E-state index in [2.05, 4.69) is 5.32 Å². The van der Waals surface area contributed by atoms with Gasteiger partial charge < -0.3 is 39.6 Å². The molecule has 3 aliphatic rings. The highest BCUT2D eigenvalue weighted by Crippen LogP contribution is 2.44. The molecule has 0 radical (unpaired) electrons. The summed E-state index contributed by atoms with van der Waals surface area (Å²) in [5, 5.41) is 34.5. The topological polar surface area (TPSA) is 164 Å². The predicted octanol–water partition coefficient (Wildman–Crippen LogP) is 2.39. The number of aliphatic hydroxyl groups excluding tert-OH is 1. The molecule has 0 unspecified atom stereocenters. The minimum Gasteiger partial charge on any atom is -0.508 e. The highest BCUT2D eigenvalue weighted by atomic mass is 32.2. The van der Waals surface area contributed by atoms with Gasteiger partial charge in [0.25, 0.3) is 0 Å². The van der Waals surface area contributed by atoms with E-state index in [-0.39, 0.29) is 55.4 Å². The smallest absolute Gasteiger partial charge is 0.405 e. The molecule has 4 N–H and O–H groups in total. The van der Waals surface area contributed by atoms with Crippen LogP contribution in [0.2, 0.25) is 0 Å². The first-order valence-electron chi connectivity index (χ1n) is 13.6. The lowest BCUT2D eigenvalue weighted by Crippen LogP contribution is -2.66. The number of sulfonamides is 1. The normalized spacial score (nSPS) is 23.9. The molecule has 224 valence electrons. The summed E-state index contributed by atoms with van der Waals surface area (Å²) in [6.07, 6.45) is -2.75. The molecule has 0 spiro atoms. The molecule has 12 nitrogen and oxygen atoms in total. The predicted molar refractivity (Wildman–Crippen MR) is 145 cm³/mol. The molecule has 1 amide bonds. The van der Waals surface area contributed by atoms with Crippen molar-refractivity contribution < 1.29 is 47.5 Å². The number of carbonyl (C=O) groups is 1. The number of aromatic hydroxyl groups is 1. The maximum absolute atomic E-state index is 14.0. The second-order valence-electron chi connectivity index (χ2n) is 11.2. The third-order valence-corrected chi connectivity index (χ3v) is 9.82. The van der Waals surface area contributed by atoms with Crippen LogP contribution in [0.5, 0.6) is 17.2 Å². The number of phenolic OH excluding ortho intramolecular Hbond substituents is 1. The van der Waals surface area contributed by atoms with Crippen LogP contribution < -0.4 is 14.8 Å². The zero-order chi connectivity index (χ0) is 29.4. The van der Waals surface area contributed by atoms with E-state index in [1.54, 1.807) is 12.1 Å². The number of aliphatic hydroxyl groups is 1. The fraction of sp³-hybridized carbons (Fsp3) is 0.536. The number of ether oxygens (including phenoxy) is 4. The van der Waals surface area contributed by atoms with E-state index in [9.17, 15) is 28.5 Å². The third kappa shape index (κ3) is 5.95. The number of carboxylic acid groups (broad SMARTS) is 1. The van der Waals surface area contributed by atoms with Crippen LogP contribution in [0.15, 0.2) is 47.4 Å². The van der Waals surface area contributed by atoms with Crippen molar-refractivity contribution in [2.24, 2.45) is 17.8 Å². The van der Waals surface area contributed by atoms with Crippen LogP contribution in [0.4, 0.5) is 4.79 Å². The minimum absolute atomic E-state index is 0.0107. The van der Waals surface area contributed by atoms with E-state index >= 15 is 0 Å². The molecule has 0 saturated carbocycles. The van der Waals surface area contributed by atoms with Crippen molar-refractivity contribution >= 4 is 16.1 Å². The van der Waals surface area contributed by atoms with Crippen molar-refractivity contribution in [1.82, 2.24) is 9.62 Å². The van der Waals surface area contributed by atoms with E-state index in [1.165, 1.54) is 34.6 Å². The van der Waals surface area contributed by atoms with Crippen molar-refractivity contribution in [2.45, 2.75) is 49.5 Å². The Hall–Kier alpha value is -3.10. The van der Waals surface area contributed by atoms with Crippen LogP contribution in [0.3, 0.4) is 0 Å². The van der Waals surface area contributed by atoms with Gasteiger partial charge in [-0.2, -0.15) is 4.31 Å². The quantitative estimate of drug-likeness (QED) is 0.305. The van der Waals surface area contributed by atoms with Gasteiger partial charge in [-0.1, -0.05) is 26.0 Å². The van der Waals surface area contributed by atoms with Gasteiger partial charge in [0.1, 0.15) is 5.75 Å². The Labute approximate surface area is 238 Å². The molecule has 0 aliphatic carbocycles. The van der Waals surface area contributed by atoms with E-state index in [4.69, 9.17) is 18.9 Å². The zero-order valence-corrected chi connectivity index (χ0v) is 23.7. The number of rotatable bonds is 11. The van der Waals surface area contributed by atoms with E-state index in [0.29, 0.717) is 30.1 Å². The molecule has 2 aromatic carbocycles. The summed E-state index contributed by atoms with van der Waals surface area (Å²) in [6, 6.07) is 10.6. The lowest BCUT2D eigenvalue weighted by Gasteiger charge is -2.45. The average molecular weight is 593 g/mol. The summed E-state index contributed by atoms with van der Waals surface area (Å²) in [7, 11) is -4.15.